The molecule has 0 aromatic carbocycles. The highest BCUT2D eigenvalue weighted by atomic mass is 32.1. The molecule has 1 aromatic heterocycles. The van der Waals surface area contributed by atoms with Crippen LogP contribution in [0.25, 0.3) is 0 Å². The molecule has 1 amide bonds. The molecule has 0 saturated carbocycles. The molecule has 1 rings (SSSR count). The number of thiazole rings is 1. The predicted molar refractivity (Wildman–Crippen MR) is 58.4 cm³/mol. The van der Waals surface area contributed by atoms with Crippen LogP contribution in [0, 0.1) is 0 Å². The fourth-order valence-corrected chi connectivity index (χ4v) is 1.79. The molecule has 0 aliphatic heterocycles. The number of carbonyl (C=O) groups excluding carboxylic acids is 1. The summed E-state index contributed by atoms with van der Waals surface area (Å²) in [5.74, 6) is -0.356. The van der Waals surface area contributed by atoms with Gasteiger partial charge >= 0.3 is 0 Å². The van der Waals surface area contributed by atoms with Crippen molar-refractivity contribution in [1.29, 1.82) is 0 Å². The number of aromatic nitrogens is 1. The molecule has 0 spiro atoms. The van der Waals surface area contributed by atoms with Gasteiger partial charge in [-0.15, -0.1) is 11.3 Å². The number of aliphatic hydroxyl groups is 1. The Morgan fingerprint density at radius 1 is 1.80 bits per heavy atom. The summed E-state index contributed by atoms with van der Waals surface area (Å²) in [6, 6.07) is -0.851. The van der Waals surface area contributed by atoms with Crippen LogP contribution in [0.2, 0.25) is 0 Å². The van der Waals surface area contributed by atoms with Gasteiger partial charge in [-0.1, -0.05) is 6.92 Å². The first-order valence-corrected chi connectivity index (χ1v) is 5.62. The molecule has 4 N–H and O–H groups in total. The molecule has 1 heterocycles. The third kappa shape index (κ3) is 3.58. The van der Waals surface area contributed by atoms with Crippen LogP contribution in [-0.2, 0) is 17.8 Å². The average Bonchev–Trinajstić information content (AvgIpc) is 2.72. The minimum Gasteiger partial charge on any atom is -0.394 e. The van der Waals surface area contributed by atoms with Gasteiger partial charge in [0.05, 0.1) is 18.8 Å². The van der Waals surface area contributed by atoms with Gasteiger partial charge < -0.3 is 16.2 Å². The zero-order valence-corrected chi connectivity index (χ0v) is 9.38. The fraction of sp³-hybridized carbons (Fsp3) is 0.556. The largest absolute Gasteiger partial charge is 0.394 e. The van der Waals surface area contributed by atoms with Gasteiger partial charge in [-0.05, 0) is 6.42 Å². The number of aliphatic hydroxyl groups excluding tert-OH is 1. The van der Waals surface area contributed by atoms with E-state index in [1.54, 1.807) is 0 Å². The first-order chi connectivity index (χ1) is 7.17. The number of nitrogens with zero attached hydrogens (tertiary/aromatic N) is 1. The van der Waals surface area contributed by atoms with E-state index in [4.69, 9.17) is 10.8 Å². The summed E-state index contributed by atoms with van der Waals surface area (Å²) in [7, 11) is 0. The maximum Gasteiger partial charge on any atom is 0.239 e. The fourth-order valence-electron chi connectivity index (χ4n) is 0.969. The zero-order valence-electron chi connectivity index (χ0n) is 8.56. The number of hydrogen-bond donors (Lipinski definition) is 3. The molecular weight excluding hydrogens is 214 g/mol. The van der Waals surface area contributed by atoms with Crippen molar-refractivity contribution in [2.75, 3.05) is 6.61 Å². The Hall–Kier alpha value is -0.980. The summed E-state index contributed by atoms with van der Waals surface area (Å²) in [4.78, 5) is 15.5. The van der Waals surface area contributed by atoms with E-state index >= 15 is 0 Å². The number of nitrogens with two attached hydrogens (primary N) is 1. The summed E-state index contributed by atoms with van der Waals surface area (Å²) in [6.07, 6.45) is 0.889. The van der Waals surface area contributed by atoms with Crippen LogP contribution in [0.3, 0.4) is 0 Å². The van der Waals surface area contributed by atoms with Crippen molar-refractivity contribution < 1.29 is 9.90 Å². The first kappa shape index (κ1) is 12.1. The maximum absolute atomic E-state index is 11.2. The van der Waals surface area contributed by atoms with E-state index in [0.717, 1.165) is 17.1 Å². The Bertz CT molecular complexity index is 327. The zero-order chi connectivity index (χ0) is 11.3. The summed E-state index contributed by atoms with van der Waals surface area (Å²) in [5, 5.41) is 14.1. The van der Waals surface area contributed by atoms with Crippen LogP contribution in [-0.4, -0.2) is 28.6 Å². The van der Waals surface area contributed by atoms with E-state index in [0.29, 0.717) is 6.54 Å². The second-order valence-corrected chi connectivity index (χ2v) is 4.04. The lowest BCUT2D eigenvalue weighted by atomic mass is 10.3. The highest BCUT2D eigenvalue weighted by Crippen LogP contribution is 2.09. The van der Waals surface area contributed by atoms with Gasteiger partial charge in [0.25, 0.3) is 0 Å². The number of nitrogens with one attached hydrogen (secondary N) is 1. The van der Waals surface area contributed by atoms with Crippen molar-refractivity contribution in [3.63, 3.8) is 0 Å². The van der Waals surface area contributed by atoms with Crippen LogP contribution in [0.5, 0.6) is 0 Å². The molecule has 0 aliphatic rings. The molecule has 15 heavy (non-hydrogen) atoms. The van der Waals surface area contributed by atoms with E-state index in [2.05, 4.69) is 10.3 Å². The van der Waals surface area contributed by atoms with Gasteiger partial charge in [-0.25, -0.2) is 4.98 Å². The SMILES string of the molecule is CCc1csc(CNC(=O)[C@@H](N)CO)n1. The molecule has 0 aliphatic carbocycles. The minimum atomic E-state index is -0.851. The predicted octanol–water partition coefficient (Wildman–Crippen LogP) is -0.359. The van der Waals surface area contributed by atoms with Gasteiger partial charge in [0.2, 0.25) is 5.91 Å². The van der Waals surface area contributed by atoms with E-state index in [1.807, 2.05) is 12.3 Å². The molecule has 5 nitrogen and oxygen atoms in total. The molecule has 1 atom stereocenters. The van der Waals surface area contributed by atoms with Gasteiger partial charge in [0.15, 0.2) is 0 Å². The molecule has 0 radical (unpaired) electrons. The van der Waals surface area contributed by atoms with E-state index in [1.165, 1.54) is 11.3 Å². The summed E-state index contributed by atoms with van der Waals surface area (Å²) >= 11 is 1.51. The van der Waals surface area contributed by atoms with Crippen molar-refractivity contribution >= 4 is 17.2 Å². The second kappa shape index (κ2) is 5.79. The highest BCUT2D eigenvalue weighted by molar-refractivity contribution is 7.09. The van der Waals surface area contributed by atoms with Crippen LogP contribution in [0.1, 0.15) is 17.6 Å². The molecule has 0 bridgehead atoms. The first-order valence-electron chi connectivity index (χ1n) is 4.74. The Labute approximate surface area is 92.3 Å². The van der Waals surface area contributed by atoms with Crippen molar-refractivity contribution in [3.8, 4) is 0 Å². The lowest BCUT2D eigenvalue weighted by Crippen LogP contribution is -2.42. The lowest BCUT2D eigenvalue weighted by molar-refractivity contribution is -0.123. The Balaban J connectivity index is 2.40. The smallest absolute Gasteiger partial charge is 0.239 e. The number of carbonyl (C=O) groups is 1. The third-order valence-electron chi connectivity index (χ3n) is 1.91. The topological polar surface area (TPSA) is 88.2 Å². The van der Waals surface area contributed by atoms with Crippen LogP contribution in [0.4, 0.5) is 0 Å². The normalized spacial score (nSPS) is 12.5. The Kier molecular flexibility index (Phi) is 4.67. The molecular formula is C9H15N3O2S. The summed E-state index contributed by atoms with van der Waals surface area (Å²) < 4.78 is 0. The van der Waals surface area contributed by atoms with Crippen LogP contribution in [0.15, 0.2) is 5.38 Å². The third-order valence-corrected chi connectivity index (χ3v) is 2.81. The molecule has 1 aromatic rings. The highest BCUT2D eigenvalue weighted by Gasteiger charge is 2.11. The molecule has 84 valence electrons. The van der Waals surface area contributed by atoms with Gasteiger partial charge in [-0.3, -0.25) is 4.79 Å². The minimum absolute atomic E-state index is 0.343. The summed E-state index contributed by atoms with van der Waals surface area (Å²) in [5.41, 5.74) is 6.36. The van der Waals surface area contributed by atoms with E-state index in [-0.39, 0.29) is 12.5 Å². The maximum atomic E-state index is 11.2. The number of hydrogen-bond acceptors (Lipinski definition) is 5. The average molecular weight is 229 g/mol. The van der Waals surface area contributed by atoms with Gasteiger partial charge in [0, 0.05) is 5.38 Å². The van der Waals surface area contributed by atoms with Gasteiger partial charge in [-0.2, -0.15) is 0 Å². The van der Waals surface area contributed by atoms with Crippen LogP contribution >= 0.6 is 11.3 Å². The van der Waals surface area contributed by atoms with E-state index < -0.39 is 6.04 Å². The lowest BCUT2D eigenvalue weighted by Gasteiger charge is -2.07. The van der Waals surface area contributed by atoms with Crippen molar-refractivity contribution in [1.82, 2.24) is 10.3 Å². The summed E-state index contributed by atoms with van der Waals surface area (Å²) in [6.45, 7) is 2.06. The van der Waals surface area contributed by atoms with Crippen molar-refractivity contribution in [2.45, 2.75) is 25.9 Å². The second-order valence-electron chi connectivity index (χ2n) is 3.09. The van der Waals surface area contributed by atoms with Gasteiger partial charge in [0.1, 0.15) is 11.0 Å². The molecule has 0 unspecified atom stereocenters. The standard InChI is InChI=1S/C9H15N3O2S/c1-2-6-5-15-8(12-6)3-11-9(14)7(10)4-13/h5,7,13H,2-4,10H2,1H3,(H,11,14)/t7-/m0/s1. The number of rotatable bonds is 5. The van der Waals surface area contributed by atoms with Crippen molar-refractivity contribution in [3.05, 3.63) is 16.1 Å². The quantitative estimate of drug-likeness (QED) is 0.643. The number of amides is 1. The Morgan fingerprint density at radius 3 is 3.07 bits per heavy atom. The Morgan fingerprint density at radius 2 is 2.53 bits per heavy atom. The molecule has 0 saturated heterocycles. The van der Waals surface area contributed by atoms with E-state index in [9.17, 15) is 4.79 Å². The molecule has 6 heteroatoms. The van der Waals surface area contributed by atoms with Crippen molar-refractivity contribution in [2.24, 2.45) is 5.73 Å². The molecule has 0 fully saturated rings. The van der Waals surface area contributed by atoms with Crippen LogP contribution < -0.4 is 11.1 Å². The monoisotopic (exact) mass is 229 g/mol. The number of aryl methyl sites for hydroxylation is 1.